The van der Waals surface area contributed by atoms with Crippen LogP contribution in [0.2, 0.25) is 0 Å². The lowest BCUT2D eigenvalue weighted by atomic mass is 10.1. The van der Waals surface area contributed by atoms with Gasteiger partial charge in [-0.1, -0.05) is 12.1 Å². The van der Waals surface area contributed by atoms with Crippen LogP contribution in [0.15, 0.2) is 18.2 Å². The Morgan fingerprint density at radius 3 is 2.68 bits per heavy atom. The number of hydrogen-bond acceptors (Lipinski definition) is 4. The van der Waals surface area contributed by atoms with Crippen molar-refractivity contribution in [2.45, 2.75) is 19.5 Å². The van der Waals surface area contributed by atoms with Crippen molar-refractivity contribution in [1.29, 1.82) is 0 Å². The van der Waals surface area contributed by atoms with Gasteiger partial charge in [-0.2, -0.15) is 13.2 Å². The quantitative estimate of drug-likeness (QED) is 0.695. The topological polar surface area (TPSA) is 67.9 Å². The number of alkyl halides is 3. The number of nitrogens with one attached hydrogen (secondary N) is 1. The predicted molar refractivity (Wildman–Crippen MR) is 66.5 cm³/mol. The molecule has 2 aromatic rings. The Bertz CT molecular complexity index is 682. The standard InChI is InChI=1S/C13H11F4N3O2/c1-2-22-12(21)11-18-9(19-20-11)6-7-4-3-5-8(10(7)14)13(15,16)17/h3-5H,2,6H2,1H3,(H,18,19,20). The maximum atomic E-state index is 13.9. The lowest BCUT2D eigenvalue weighted by Gasteiger charge is -2.10. The highest BCUT2D eigenvalue weighted by Crippen LogP contribution is 2.32. The molecule has 9 heteroatoms. The second kappa shape index (κ2) is 6.12. The number of rotatable bonds is 4. The van der Waals surface area contributed by atoms with E-state index in [4.69, 9.17) is 0 Å². The Morgan fingerprint density at radius 1 is 1.32 bits per heavy atom. The van der Waals surface area contributed by atoms with Gasteiger partial charge in [0.25, 0.3) is 0 Å². The number of carbonyl (C=O) groups excluding carboxylic acids is 1. The number of halogens is 4. The molecule has 0 unspecified atom stereocenters. The monoisotopic (exact) mass is 317 g/mol. The first-order chi connectivity index (χ1) is 10.3. The number of H-pyrrole nitrogens is 1. The maximum absolute atomic E-state index is 13.9. The van der Waals surface area contributed by atoms with Gasteiger partial charge in [0.2, 0.25) is 5.82 Å². The van der Waals surface area contributed by atoms with Crippen molar-refractivity contribution in [1.82, 2.24) is 15.2 Å². The van der Waals surface area contributed by atoms with Crippen molar-refractivity contribution in [2.75, 3.05) is 6.61 Å². The third kappa shape index (κ3) is 3.41. The molecule has 1 aromatic heterocycles. The SMILES string of the molecule is CCOC(=O)c1nnc(Cc2cccc(C(F)(F)F)c2F)[nH]1. The molecule has 1 N–H and O–H groups in total. The van der Waals surface area contributed by atoms with Gasteiger partial charge < -0.3 is 9.72 Å². The lowest BCUT2D eigenvalue weighted by Crippen LogP contribution is -2.10. The molecule has 0 saturated heterocycles. The maximum Gasteiger partial charge on any atom is 0.419 e. The second-order valence-corrected chi connectivity index (χ2v) is 4.29. The number of benzene rings is 1. The molecule has 0 atom stereocenters. The summed E-state index contributed by atoms with van der Waals surface area (Å²) in [6.45, 7) is 1.74. The molecule has 0 bridgehead atoms. The van der Waals surface area contributed by atoms with E-state index in [-0.39, 0.29) is 30.2 Å². The van der Waals surface area contributed by atoms with Gasteiger partial charge in [-0.15, -0.1) is 10.2 Å². The van der Waals surface area contributed by atoms with E-state index >= 15 is 0 Å². The molecular weight excluding hydrogens is 306 g/mol. The van der Waals surface area contributed by atoms with E-state index in [1.807, 2.05) is 0 Å². The predicted octanol–water partition coefficient (Wildman–Crippen LogP) is 2.73. The first kappa shape index (κ1) is 15.9. The first-order valence-corrected chi connectivity index (χ1v) is 6.26. The molecule has 0 radical (unpaired) electrons. The summed E-state index contributed by atoms with van der Waals surface area (Å²) >= 11 is 0. The Hall–Kier alpha value is -2.45. The van der Waals surface area contributed by atoms with Crippen molar-refractivity contribution in [2.24, 2.45) is 0 Å². The molecule has 118 valence electrons. The Labute approximate surface area is 122 Å². The van der Waals surface area contributed by atoms with Gasteiger partial charge in [-0.05, 0) is 18.6 Å². The zero-order valence-electron chi connectivity index (χ0n) is 11.4. The zero-order valence-corrected chi connectivity index (χ0v) is 11.4. The van der Waals surface area contributed by atoms with Crippen molar-refractivity contribution in [3.8, 4) is 0 Å². The van der Waals surface area contributed by atoms with E-state index in [2.05, 4.69) is 19.9 Å². The number of carbonyl (C=O) groups is 1. The van der Waals surface area contributed by atoms with Crippen molar-refractivity contribution < 1.29 is 27.1 Å². The van der Waals surface area contributed by atoms with Crippen LogP contribution in [-0.4, -0.2) is 27.8 Å². The molecule has 0 aliphatic rings. The first-order valence-electron chi connectivity index (χ1n) is 6.26. The smallest absolute Gasteiger partial charge is 0.419 e. The molecule has 0 saturated carbocycles. The van der Waals surface area contributed by atoms with E-state index < -0.39 is 23.5 Å². The van der Waals surface area contributed by atoms with Crippen LogP contribution in [0, 0.1) is 5.82 Å². The molecule has 5 nitrogen and oxygen atoms in total. The zero-order chi connectivity index (χ0) is 16.3. The summed E-state index contributed by atoms with van der Waals surface area (Å²) in [5.41, 5.74) is -1.56. The summed E-state index contributed by atoms with van der Waals surface area (Å²) in [4.78, 5) is 13.9. The number of esters is 1. The second-order valence-electron chi connectivity index (χ2n) is 4.29. The van der Waals surface area contributed by atoms with Crippen LogP contribution in [-0.2, 0) is 17.3 Å². The van der Waals surface area contributed by atoms with Gasteiger partial charge >= 0.3 is 12.1 Å². The largest absolute Gasteiger partial charge is 0.460 e. The molecule has 0 aliphatic heterocycles. The summed E-state index contributed by atoms with van der Waals surface area (Å²) in [6, 6.07) is 2.96. The number of aromatic nitrogens is 3. The van der Waals surface area contributed by atoms with E-state index in [1.54, 1.807) is 6.92 Å². The van der Waals surface area contributed by atoms with Gasteiger partial charge in [0.1, 0.15) is 11.6 Å². The highest BCUT2D eigenvalue weighted by Gasteiger charge is 2.34. The summed E-state index contributed by atoms with van der Waals surface area (Å²) in [5, 5.41) is 7.10. The molecule has 1 heterocycles. The molecule has 2 rings (SSSR count). The van der Waals surface area contributed by atoms with Crippen LogP contribution in [0.3, 0.4) is 0 Å². The lowest BCUT2D eigenvalue weighted by molar-refractivity contribution is -0.140. The third-order valence-electron chi connectivity index (χ3n) is 2.74. The average Bonchev–Trinajstić information content (AvgIpc) is 2.89. The summed E-state index contributed by atoms with van der Waals surface area (Å²) < 4.78 is 56.4. The fourth-order valence-corrected chi connectivity index (χ4v) is 1.78. The van der Waals surface area contributed by atoms with Crippen LogP contribution in [0.5, 0.6) is 0 Å². The fourth-order valence-electron chi connectivity index (χ4n) is 1.78. The highest BCUT2D eigenvalue weighted by molar-refractivity contribution is 5.84. The van der Waals surface area contributed by atoms with Crippen molar-refractivity contribution in [3.05, 3.63) is 46.8 Å². The Kier molecular flexibility index (Phi) is 4.43. The molecule has 22 heavy (non-hydrogen) atoms. The molecular formula is C13H11F4N3O2. The number of hydrogen-bond donors (Lipinski definition) is 1. The minimum Gasteiger partial charge on any atom is -0.460 e. The molecule has 0 amide bonds. The van der Waals surface area contributed by atoms with Gasteiger partial charge in [0.05, 0.1) is 12.2 Å². The molecule has 0 spiro atoms. The highest BCUT2D eigenvalue weighted by atomic mass is 19.4. The average molecular weight is 317 g/mol. The van der Waals surface area contributed by atoms with Gasteiger partial charge in [0.15, 0.2) is 0 Å². The van der Waals surface area contributed by atoms with Crippen LogP contribution in [0.4, 0.5) is 17.6 Å². The number of nitrogens with zero attached hydrogens (tertiary/aromatic N) is 2. The van der Waals surface area contributed by atoms with Crippen LogP contribution >= 0.6 is 0 Å². The molecule has 1 aromatic carbocycles. The van der Waals surface area contributed by atoms with Crippen LogP contribution in [0.25, 0.3) is 0 Å². The molecule has 0 fully saturated rings. The van der Waals surface area contributed by atoms with Crippen molar-refractivity contribution >= 4 is 5.97 Å². The van der Waals surface area contributed by atoms with Crippen LogP contribution < -0.4 is 0 Å². The van der Waals surface area contributed by atoms with E-state index in [9.17, 15) is 22.4 Å². The third-order valence-corrected chi connectivity index (χ3v) is 2.74. The summed E-state index contributed by atoms with van der Waals surface area (Å²) in [6.07, 6.45) is -5.04. The van der Waals surface area contributed by atoms with Crippen LogP contribution in [0.1, 0.15) is 34.5 Å². The van der Waals surface area contributed by atoms with Gasteiger partial charge in [-0.25, -0.2) is 9.18 Å². The van der Waals surface area contributed by atoms with Gasteiger partial charge in [-0.3, -0.25) is 0 Å². The van der Waals surface area contributed by atoms with Crippen molar-refractivity contribution in [3.63, 3.8) is 0 Å². The summed E-state index contributed by atoms with van der Waals surface area (Å²) in [5.74, 6) is -2.25. The van der Waals surface area contributed by atoms with E-state index in [1.165, 1.54) is 6.07 Å². The minimum atomic E-state index is -4.78. The normalized spacial score (nSPS) is 11.5. The van der Waals surface area contributed by atoms with E-state index in [0.29, 0.717) is 6.07 Å². The number of aromatic amines is 1. The Morgan fingerprint density at radius 2 is 2.05 bits per heavy atom. The fraction of sp³-hybridized carbons (Fsp3) is 0.308. The minimum absolute atomic E-state index is 0.0567. The van der Waals surface area contributed by atoms with Gasteiger partial charge in [0, 0.05) is 6.42 Å². The Balaban J connectivity index is 2.23. The number of ether oxygens (including phenoxy) is 1. The van der Waals surface area contributed by atoms with E-state index in [0.717, 1.165) is 6.07 Å². The molecule has 0 aliphatic carbocycles. The summed E-state index contributed by atoms with van der Waals surface area (Å²) in [7, 11) is 0.